The van der Waals surface area contributed by atoms with Gasteiger partial charge in [0.2, 0.25) is 10.0 Å². The van der Waals surface area contributed by atoms with E-state index in [1.54, 1.807) is 12.1 Å². The summed E-state index contributed by atoms with van der Waals surface area (Å²) < 4.78 is 26.4. The lowest BCUT2D eigenvalue weighted by molar-refractivity contribution is 0.0938. The normalized spacial score (nSPS) is 16.9. The van der Waals surface area contributed by atoms with E-state index in [9.17, 15) is 13.2 Å². The molecule has 1 heterocycles. The van der Waals surface area contributed by atoms with Crippen molar-refractivity contribution in [1.82, 2.24) is 9.62 Å². The molecule has 0 aliphatic carbocycles. The molecule has 1 saturated heterocycles. The largest absolute Gasteiger partial charge is 0.350 e. The van der Waals surface area contributed by atoms with Gasteiger partial charge in [0.1, 0.15) is 0 Å². The van der Waals surface area contributed by atoms with Crippen LogP contribution in [0.3, 0.4) is 0 Å². The van der Waals surface area contributed by atoms with Crippen LogP contribution < -0.4 is 5.32 Å². The van der Waals surface area contributed by atoms with E-state index in [4.69, 9.17) is 0 Å². The van der Waals surface area contributed by atoms with E-state index >= 15 is 0 Å². The van der Waals surface area contributed by atoms with E-state index in [1.165, 1.54) is 22.9 Å². The Kier molecular flexibility index (Phi) is 6.80. The molecule has 0 radical (unpaired) electrons. The summed E-state index contributed by atoms with van der Waals surface area (Å²) in [5.41, 5.74) is 0.498. The molecule has 0 saturated carbocycles. The summed E-state index contributed by atoms with van der Waals surface area (Å²) in [5.74, 6) is -0.149. The third-order valence-corrected chi connectivity index (χ3v) is 6.35. The fourth-order valence-corrected chi connectivity index (χ4v) is 4.45. The highest BCUT2D eigenvalue weighted by Gasteiger charge is 2.27. The molecule has 24 heavy (non-hydrogen) atoms. The highest BCUT2D eigenvalue weighted by atomic mass is 32.2. The molecule has 1 aliphatic rings. The van der Waals surface area contributed by atoms with Crippen LogP contribution in [0.1, 0.15) is 62.7 Å². The lowest BCUT2D eigenvalue weighted by Crippen LogP contribution is -2.32. The highest BCUT2D eigenvalue weighted by molar-refractivity contribution is 7.89. The van der Waals surface area contributed by atoms with Crippen molar-refractivity contribution in [3.8, 4) is 0 Å². The average Bonchev–Trinajstić information content (AvgIpc) is 3.10. The first-order chi connectivity index (χ1) is 11.4. The number of rotatable bonds is 8. The summed E-state index contributed by atoms with van der Waals surface area (Å²) in [6.45, 7) is 5.32. The van der Waals surface area contributed by atoms with Gasteiger partial charge in [-0.1, -0.05) is 26.2 Å². The van der Waals surface area contributed by atoms with Gasteiger partial charge in [0.15, 0.2) is 0 Å². The topological polar surface area (TPSA) is 66.5 Å². The van der Waals surface area contributed by atoms with Gasteiger partial charge < -0.3 is 5.32 Å². The first-order valence-electron chi connectivity index (χ1n) is 8.86. The second kappa shape index (κ2) is 8.62. The summed E-state index contributed by atoms with van der Waals surface area (Å²) in [7, 11) is -3.42. The maximum Gasteiger partial charge on any atom is 0.251 e. The van der Waals surface area contributed by atoms with Crippen molar-refractivity contribution < 1.29 is 13.2 Å². The average molecular weight is 353 g/mol. The number of benzene rings is 1. The van der Waals surface area contributed by atoms with Gasteiger partial charge in [0.05, 0.1) is 4.90 Å². The Morgan fingerprint density at radius 3 is 2.38 bits per heavy atom. The van der Waals surface area contributed by atoms with Gasteiger partial charge in [-0.25, -0.2) is 8.42 Å². The molecule has 0 bridgehead atoms. The molecule has 5 nitrogen and oxygen atoms in total. The standard InChI is InChI=1S/C18H28N2O3S/c1-3-4-5-8-15(2)19-18(21)16-9-11-17(12-10-16)24(22,23)20-13-6-7-14-20/h9-12,15H,3-8,13-14H2,1-2H3,(H,19,21)/t15-/m1/s1. The lowest BCUT2D eigenvalue weighted by Gasteiger charge is -2.16. The molecule has 0 spiro atoms. The fraction of sp³-hybridized carbons (Fsp3) is 0.611. The second-order valence-electron chi connectivity index (χ2n) is 6.51. The Balaban J connectivity index is 1.97. The molecule has 1 fully saturated rings. The lowest BCUT2D eigenvalue weighted by atomic mass is 10.1. The molecule has 0 unspecified atom stereocenters. The van der Waals surface area contributed by atoms with E-state index in [2.05, 4.69) is 12.2 Å². The van der Waals surface area contributed by atoms with Crippen molar-refractivity contribution in [2.75, 3.05) is 13.1 Å². The first-order valence-corrected chi connectivity index (χ1v) is 10.3. The van der Waals surface area contributed by atoms with Gasteiger partial charge in [-0.3, -0.25) is 4.79 Å². The molecule has 1 N–H and O–H groups in total. The van der Waals surface area contributed by atoms with E-state index < -0.39 is 10.0 Å². The summed E-state index contributed by atoms with van der Waals surface area (Å²) in [6, 6.07) is 6.37. The van der Waals surface area contributed by atoms with Crippen LogP contribution >= 0.6 is 0 Å². The number of unbranched alkanes of at least 4 members (excludes halogenated alkanes) is 2. The molecule has 2 rings (SSSR count). The van der Waals surface area contributed by atoms with Crippen molar-refractivity contribution in [2.45, 2.75) is 63.3 Å². The SMILES string of the molecule is CCCCC[C@@H](C)NC(=O)c1ccc(S(=O)(=O)N2CCCC2)cc1. The van der Waals surface area contributed by atoms with Gasteiger partial charge in [-0.05, 0) is 50.5 Å². The molecule has 6 heteroatoms. The molecule has 0 aromatic heterocycles. The van der Waals surface area contributed by atoms with Gasteiger partial charge in [-0.15, -0.1) is 0 Å². The van der Waals surface area contributed by atoms with Crippen molar-refractivity contribution >= 4 is 15.9 Å². The molecule has 134 valence electrons. The van der Waals surface area contributed by atoms with Crippen LogP contribution in [-0.2, 0) is 10.0 Å². The summed E-state index contributed by atoms with van der Waals surface area (Å²) in [6.07, 6.45) is 6.22. The minimum atomic E-state index is -3.42. The number of nitrogens with zero attached hydrogens (tertiary/aromatic N) is 1. The van der Waals surface area contributed by atoms with Crippen LogP contribution in [0.15, 0.2) is 29.2 Å². The molecule has 1 aromatic rings. The van der Waals surface area contributed by atoms with Crippen LogP contribution in [0.25, 0.3) is 0 Å². The number of nitrogens with one attached hydrogen (secondary N) is 1. The maximum atomic E-state index is 12.5. The molecular weight excluding hydrogens is 324 g/mol. The van der Waals surface area contributed by atoms with Gasteiger partial charge in [0.25, 0.3) is 5.91 Å². The summed E-state index contributed by atoms with van der Waals surface area (Å²) in [5, 5.41) is 2.97. The second-order valence-corrected chi connectivity index (χ2v) is 8.44. The maximum absolute atomic E-state index is 12.5. The quantitative estimate of drug-likeness (QED) is 0.731. The zero-order chi connectivity index (χ0) is 17.6. The number of amides is 1. The van der Waals surface area contributed by atoms with Crippen LogP contribution in [0.2, 0.25) is 0 Å². The van der Waals surface area contributed by atoms with Crippen molar-refractivity contribution in [2.24, 2.45) is 0 Å². The van der Waals surface area contributed by atoms with Gasteiger partial charge >= 0.3 is 0 Å². The Labute approximate surface area is 145 Å². The fourth-order valence-electron chi connectivity index (χ4n) is 2.94. The number of sulfonamides is 1. The van der Waals surface area contributed by atoms with Crippen molar-refractivity contribution in [3.05, 3.63) is 29.8 Å². The Morgan fingerprint density at radius 2 is 1.79 bits per heavy atom. The van der Waals surface area contributed by atoms with Crippen LogP contribution in [0.4, 0.5) is 0 Å². The molecular formula is C18H28N2O3S. The number of hydrogen-bond acceptors (Lipinski definition) is 3. The predicted octanol–water partition coefficient (Wildman–Crippen LogP) is 3.17. The minimum Gasteiger partial charge on any atom is -0.350 e. The zero-order valence-corrected chi connectivity index (χ0v) is 15.4. The van der Waals surface area contributed by atoms with E-state index in [1.807, 2.05) is 6.92 Å². The molecule has 1 amide bonds. The third kappa shape index (κ3) is 4.80. The first kappa shape index (κ1) is 18.9. The smallest absolute Gasteiger partial charge is 0.251 e. The summed E-state index contributed by atoms with van der Waals surface area (Å²) >= 11 is 0. The zero-order valence-electron chi connectivity index (χ0n) is 14.6. The van der Waals surface area contributed by atoms with Crippen molar-refractivity contribution in [3.63, 3.8) is 0 Å². The molecule has 1 atom stereocenters. The summed E-state index contributed by atoms with van der Waals surface area (Å²) in [4.78, 5) is 12.5. The van der Waals surface area contributed by atoms with Crippen LogP contribution in [0, 0.1) is 0 Å². The van der Waals surface area contributed by atoms with Crippen molar-refractivity contribution in [1.29, 1.82) is 0 Å². The van der Waals surface area contributed by atoms with Gasteiger partial charge in [0, 0.05) is 24.7 Å². The van der Waals surface area contributed by atoms with Gasteiger partial charge in [-0.2, -0.15) is 4.31 Å². The Bertz CT molecular complexity index is 635. The highest BCUT2D eigenvalue weighted by Crippen LogP contribution is 2.21. The predicted molar refractivity (Wildman–Crippen MR) is 95.5 cm³/mol. The van der Waals surface area contributed by atoms with E-state index in [-0.39, 0.29) is 16.8 Å². The molecule has 1 aliphatic heterocycles. The van der Waals surface area contributed by atoms with E-state index in [0.717, 1.165) is 32.1 Å². The third-order valence-electron chi connectivity index (χ3n) is 4.44. The number of carbonyl (C=O) groups is 1. The van der Waals surface area contributed by atoms with Crippen LogP contribution in [0.5, 0.6) is 0 Å². The Morgan fingerprint density at radius 1 is 1.17 bits per heavy atom. The van der Waals surface area contributed by atoms with E-state index in [0.29, 0.717) is 18.7 Å². The number of carbonyl (C=O) groups excluding carboxylic acids is 1. The molecule has 1 aromatic carbocycles. The number of hydrogen-bond donors (Lipinski definition) is 1. The minimum absolute atomic E-state index is 0.122. The van der Waals surface area contributed by atoms with Crippen LogP contribution in [-0.4, -0.2) is 37.8 Å². The Hall–Kier alpha value is -1.40. The monoisotopic (exact) mass is 352 g/mol.